The van der Waals surface area contributed by atoms with Gasteiger partial charge in [0.2, 0.25) is 11.8 Å². The number of rotatable bonds is 8. The Kier molecular flexibility index (Phi) is 7.91. The van der Waals surface area contributed by atoms with Crippen molar-refractivity contribution in [2.45, 2.75) is 52.4 Å². The van der Waals surface area contributed by atoms with Crippen molar-refractivity contribution in [2.75, 3.05) is 19.6 Å². The maximum Gasteiger partial charge on any atom is 0.308 e. The molecule has 126 valence electrons. The number of carboxylic acids is 1. The van der Waals surface area contributed by atoms with Crippen molar-refractivity contribution in [3.8, 4) is 0 Å². The van der Waals surface area contributed by atoms with E-state index in [-0.39, 0.29) is 24.3 Å². The average molecular weight is 312 g/mol. The highest BCUT2D eigenvalue weighted by Gasteiger charge is 2.28. The van der Waals surface area contributed by atoms with Crippen LogP contribution in [0.5, 0.6) is 0 Å². The van der Waals surface area contributed by atoms with Gasteiger partial charge in [-0.25, -0.2) is 0 Å². The highest BCUT2D eigenvalue weighted by molar-refractivity contribution is 5.82. The van der Waals surface area contributed by atoms with E-state index < -0.39 is 11.9 Å². The third-order valence-corrected chi connectivity index (χ3v) is 4.12. The van der Waals surface area contributed by atoms with E-state index in [0.29, 0.717) is 19.4 Å². The SMILES string of the molecule is CCCC(=O)N1CCCC(C(=O)NCC(CCC)C(=O)O)C1. The van der Waals surface area contributed by atoms with E-state index in [1.807, 2.05) is 13.8 Å². The predicted molar refractivity (Wildman–Crippen MR) is 83.3 cm³/mol. The molecule has 0 aromatic heterocycles. The standard InChI is InChI=1S/C16H28N2O4/c1-3-6-12(16(21)22)10-17-15(20)13-8-5-9-18(11-13)14(19)7-4-2/h12-13H,3-11H2,1-2H3,(H,17,20)(H,21,22). The summed E-state index contributed by atoms with van der Waals surface area (Å²) in [7, 11) is 0. The Bertz CT molecular complexity index is 398. The van der Waals surface area contributed by atoms with Crippen LogP contribution in [0.1, 0.15) is 52.4 Å². The quantitative estimate of drug-likeness (QED) is 0.713. The first-order valence-electron chi connectivity index (χ1n) is 8.27. The second-order valence-corrected chi connectivity index (χ2v) is 6.00. The van der Waals surface area contributed by atoms with Crippen LogP contribution in [0.4, 0.5) is 0 Å². The fraction of sp³-hybridized carbons (Fsp3) is 0.812. The van der Waals surface area contributed by atoms with Crippen LogP contribution in [-0.4, -0.2) is 47.4 Å². The molecule has 1 aliphatic rings. The molecule has 2 unspecified atom stereocenters. The van der Waals surface area contributed by atoms with Crippen LogP contribution in [0, 0.1) is 11.8 Å². The van der Waals surface area contributed by atoms with Gasteiger partial charge in [0.25, 0.3) is 0 Å². The third kappa shape index (κ3) is 5.66. The minimum atomic E-state index is -0.870. The lowest BCUT2D eigenvalue weighted by Gasteiger charge is -2.32. The van der Waals surface area contributed by atoms with Gasteiger partial charge >= 0.3 is 5.97 Å². The van der Waals surface area contributed by atoms with Gasteiger partial charge in [0.1, 0.15) is 0 Å². The summed E-state index contributed by atoms with van der Waals surface area (Å²) in [5, 5.41) is 11.8. The molecule has 1 fully saturated rings. The van der Waals surface area contributed by atoms with Crippen LogP contribution in [-0.2, 0) is 14.4 Å². The molecular formula is C16H28N2O4. The Morgan fingerprint density at radius 3 is 2.59 bits per heavy atom. The third-order valence-electron chi connectivity index (χ3n) is 4.12. The zero-order chi connectivity index (χ0) is 16.5. The van der Waals surface area contributed by atoms with Crippen molar-refractivity contribution >= 4 is 17.8 Å². The minimum absolute atomic E-state index is 0.106. The second-order valence-electron chi connectivity index (χ2n) is 6.00. The van der Waals surface area contributed by atoms with Crippen molar-refractivity contribution in [2.24, 2.45) is 11.8 Å². The monoisotopic (exact) mass is 312 g/mol. The first-order valence-corrected chi connectivity index (χ1v) is 8.27. The van der Waals surface area contributed by atoms with Gasteiger partial charge in [0.05, 0.1) is 11.8 Å². The van der Waals surface area contributed by atoms with Gasteiger partial charge in [-0.2, -0.15) is 0 Å². The number of aliphatic carboxylic acids is 1. The molecule has 22 heavy (non-hydrogen) atoms. The van der Waals surface area contributed by atoms with E-state index in [1.165, 1.54) is 0 Å². The molecule has 0 aromatic carbocycles. The Labute approximate surface area is 132 Å². The van der Waals surface area contributed by atoms with Gasteiger partial charge in [-0.1, -0.05) is 20.3 Å². The average Bonchev–Trinajstić information content (AvgIpc) is 2.51. The molecule has 2 atom stereocenters. The van der Waals surface area contributed by atoms with Crippen LogP contribution >= 0.6 is 0 Å². The maximum absolute atomic E-state index is 12.2. The summed E-state index contributed by atoms with van der Waals surface area (Å²) in [6, 6.07) is 0. The molecule has 1 rings (SSSR count). The molecule has 0 aromatic rings. The summed E-state index contributed by atoms with van der Waals surface area (Å²) in [4.78, 5) is 37.0. The second kappa shape index (κ2) is 9.43. The molecule has 0 aliphatic carbocycles. The van der Waals surface area contributed by atoms with E-state index in [0.717, 1.165) is 32.2 Å². The number of hydrogen-bond acceptors (Lipinski definition) is 3. The molecular weight excluding hydrogens is 284 g/mol. The van der Waals surface area contributed by atoms with Gasteiger partial charge in [-0.05, 0) is 25.7 Å². The molecule has 0 saturated carbocycles. The number of amides is 2. The fourth-order valence-corrected chi connectivity index (χ4v) is 2.82. The van der Waals surface area contributed by atoms with E-state index in [9.17, 15) is 14.4 Å². The predicted octanol–water partition coefficient (Wildman–Crippen LogP) is 1.64. The zero-order valence-corrected chi connectivity index (χ0v) is 13.6. The van der Waals surface area contributed by atoms with Gasteiger partial charge in [-0.15, -0.1) is 0 Å². The summed E-state index contributed by atoms with van der Waals surface area (Å²) in [6.07, 6.45) is 4.24. The van der Waals surface area contributed by atoms with Crippen LogP contribution < -0.4 is 5.32 Å². The van der Waals surface area contributed by atoms with Crippen LogP contribution in [0.3, 0.4) is 0 Å². The van der Waals surface area contributed by atoms with Crippen molar-refractivity contribution in [3.63, 3.8) is 0 Å². The van der Waals surface area contributed by atoms with Crippen molar-refractivity contribution in [1.82, 2.24) is 10.2 Å². The summed E-state index contributed by atoms with van der Waals surface area (Å²) in [6.45, 7) is 5.23. The number of piperidine rings is 1. The van der Waals surface area contributed by atoms with Crippen LogP contribution in [0.25, 0.3) is 0 Å². The van der Waals surface area contributed by atoms with E-state index in [2.05, 4.69) is 5.32 Å². The molecule has 1 heterocycles. The highest BCUT2D eigenvalue weighted by Crippen LogP contribution is 2.18. The van der Waals surface area contributed by atoms with E-state index in [4.69, 9.17) is 5.11 Å². The maximum atomic E-state index is 12.2. The van der Waals surface area contributed by atoms with Gasteiger partial charge in [-0.3, -0.25) is 14.4 Å². The molecule has 2 amide bonds. The van der Waals surface area contributed by atoms with Gasteiger partial charge in [0, 0.05) is 26.1 Å². The minimum Gasteiger partial charge on any atom is -0.481 e. The van der Waals surface area contributed by atoms with Crippen molar-refractivity contribution < 1.29 is 19.5 Å². The first kappa shape index (κ1) is 18.5. The van der Waals surface area contributed by atoms with Gasteiger partial charge in [0.15, 0.2) is 0 Å². The summed E-state index contributed by atoms with van der Waals surface area (Å²) in [5.41, 5.74) is 0. The van der Waals surface area contributed by atoms with Crippen molar-refractivity contribution in [3.05, 3.63) is 0 Å². The van der Waals surface area contributed by atoms with Crippen LogP contribution in [0.2, 0.25) is 0 Å². The molecule has 0 radical (unpaired) electrons. The molecule has 0 bridgehead atoms. The number of likely N-dealkylation sites (tertiary alicyclic amines) is 1. The topological polar surface area (TPSA) is 86.7 Å². The first-order chi connectivity index (χ1) is 10.5. The van der Waals surface area contributed by atoms with E-state index >= 15 is 0 Å². The molecule has 6 heteroatoms. The molecule has 0 spiro atoms. The molecule has 2 N–H and O–H groups in total. The van der Waals surface area contributed by atoms with Crippen molar-refractivity contribution in [1.29, 1.82) is 0 Å². The van der Waals surface area contributed by atoms with Crippen LogP contribution in [0.15, 0.2) is 0 Å². The van der Waals surface area contributed by atoms with E-state index in [1.54, 1.807) is 4.90 Å². The smallest absolute Gasteiger partial charge is 0.308 e. The summed E-state index contributed by atoms with van der Waals surface area (Å²) in [5.74, 6) is -1.64. The lowest BCUT2D eigenvalue weighted by molar-refractivity contribution is -0.142. The fourth-order valence-electron chi connectivity index (χ4n) is 2.82. The number of hydrogen-bond donors (Lipinski definition) is 2. The normalized spacial score (nSPS) is 19.5. The summed E-state index contributed by atoms with van der Waals surface area (Å²) >= 11 is 0. The molecule has 1 aliphatic heterocycles. The Balaban J connectivity index is 2.47. The molecule has 6 nitrogen and oxygen atoms in total. The number of carbonyl (C=O) groups excluding carboxylic acids is 2. The Morgan fingerprint density at radius 1 is 1.27 bits per heavy atom. The number of nitrogens with one attached hydrogen (secondary N) is 1. The number of carboxylic acid groups (broad SMARTS) is 1. The largest absolute Gasteiger partial charge is 0.481 e. The summed E-state index contributed by atoms with van der Waals surface area (Å²) < 4.78 is 0. The number of nitrogens with zero attached hydrogens (tertiary/aromatic N) is 1. The Morgan fingerprint density at radius 2 is 2.00 bits per heavy atom. The lowest BCUT2D eigenvalue weighted by atomic mass is 9.96. The molecule has 1 saturated heterocycles. The van der Waals surface area contributed by atoms with Gasteiger partial charge < -0.3 is 15.3 Å². The zero-order valence-electron chi connectivity index (χ0n) is 13.6. The lowest BCUT2D eigenvalue weighted by Crippen LogP contribution is -2.46. The Hall–Kier alpha value is -1.59. The highest BCUT2D eigenvalue weighted by atomic mass is 16.4. The number of carbonyl (C=O) groups is 3.